The third-order valence-corrected chi connectivity index (χ3v) is 5.06. The molecule has 0 bridgehead atoms. The number of aromatic nitrogens is 3. The Morgan fingerprint density at radius 1 is 1.11 bits per heavy atom. The Labute approximate surface area is 163 Å². The molecule has 0 saturated carbocycles. The zero-order valence-electron chi connectivity index (χ0n) is 15.6. The largest absolute Gasteiger partial charge is 0.356 e. The summed E-state index contributed by atoms with van der Waals surface area (Å²) in [7, 11) is 0. The number of benzene rings is 1. The number of pyridine rings is 1. The third kappa shape index (κ3) is 4.03. The molecule has 2 amide bonds. The van der Waals surface area contributed by atoms with Crippen molar-refractivity contribution in [3.05, 3.63) is 66.1 Å². The first kappa shape index (κ1) is 18.2. The molecular weight excluding hydrogens is 354 g/mol. The number of hydrogen-bond donors (Lipinski definition) is 1. The number of fused-ring (bicyclic) bond motifs is 1. The van der Waals surface area contributed by atoms with E-state index in [9.17, 15) is 9.59 Å². The van der Waals surface area contributed by atoms with Crippen LogP contribution in [0.25, 0.3) is 5.65 Å². The molecule has 1 aromatic carbocycles. The summed E-state index contributed by atoms with van der Waals surface area (Å²) in [4.78, 5) is 26.4. The number of nitrogens with one attached hydrogen (secondary N) is 1. The van der Waals surface area contributed by atoms with Gasteiger partial charge in [-0.25, -0.2) is 0 Å². The molecule has 1 atom stereocenters. The van der Waals surface area contributed by atoms with Gasteiger partial charge >= 0.3 is 0 Å². The number of hydrogen-bond acceptors (Lipinski definition) is 4. The van der Waals surface area contributed by atoms with Crippen LogP contribution in [0.4, 0.5) is 0 Å². The van der Waals surface area contributed by atoms with Crippen LogP contribution in [0, 0.1) is 5.92 Å². The van der Waals surface area contributed by atoms with Gasteiger partial charge in [0.15, 0.2) is 5.65 Å². The molecule has 4 rings (SSSR count). The van der Waals surface area contributed by atoms with Crippen molar-refractivity contribution in [2.45, 2.75) is 25.8 Å². The number of amides is 2. The molecule has 3 heterocycles. The Hall–Kier alpha value is -3.22. The molecule has 0 aliphatic carbocycles. The first-order chi connectivity index (χ1) is 13.7. The number of carbonyl (C=O) groups excluding carboxylic acids is 2. The van der Waals surface area contributed by atoms with E-state index in [4.69, 9.17) is 0 Å². The average molecular weight is 377 g/mol. The van der Waals surface area contributed by atoms with Gasteiger partial charge in [0.2, 0.25) is 11.8 Å². The number of rotatable bonds is 7. The van der Waals surface area contributed by atoms with E-state index in [1.807, 2.05) is 59.1 Å². The summed E-state index contributed by atoms with van der Waals surface area (Å²) in [6.45, 7) is 1.60. The van der Waals surface area contributed by atoms with Crippen molar-refractivity contribution >= 4 is 17.5 Å². The van der Waals surface area contributed by atoms with Gasteiger partial charge < -0.3 is 10.2 Å². The van der Waals surface area contributed by atoms with E-state index in [2.05, 4.69) is 15.5 Å². The zero-order valence-corrected chi connectivity index (χ0v) is 15.6. The van der Waals surface area contributed by atoms with Gasteiger partial charge in [-0.15, -0.1) is 10.2 Å². The second kappa shape index (κ2) is 8.21. The summed E-state index contributed by atoms with van der Waals surface area (Å²) in [6, 6.07) is 15.6. The standard InChI is InChI=1S/C21H23N5O2/c27-20-13-17(15-25(20)14-16-7-2-1-3-8-16)21(28)22-11-6-10-19-24-23-18-9-4-5-12-26(18)19/h1-5,7-9,12,17H,6,10-11,13-15H2,(H,22,28). The lowest BCUT2D eigenvalue weighted by molar-refractivity contribution is -0.129. The highest BCUT2D eigenvalue weighted by Gasteiger charge is 2.33. The first-order valence-corrected chi connectivity index (χ1v) is 9.59. The van der Waals surface area contributed by atoms with E-state index >= 15 is 0 Å². The lowest BCUT2D eigenvalue weighted by Gasteiger charge is -2.16. The summed E-state index contributed by atoms with van der Waals surface area (Å²) in [5, 5.41) is 11.3. The normalized spacial score (nSPS) is 16.6. The van der Waals surface area contributed by atoms with Crippen LogP contribution < -0.4 is 5.32 Å². The Morgan fingerprint density at radius 2 is 1.93 bits per heavy atom. The van der Waals surface area contributed by atoms with E-state index in [0.717, 1.165) is 29.9 Å². The summed E-state index contributed by atoms with van der Waals surface area (Å²) in [5.41, 5.74) is 1.90. The average Bonchev–Trinajstić information content (AvgIpc) is 3.30. The Bertz CT molecular complexity index is 969. The van der Waals surface area contributed by atoms with Gasteiger partial charge in [0.25, 0.3) is 0 Å². The SMILES string of the molecule is O=C(NCCCc1nnc2ccccn12)C1CC(=O)N(Cc2ccccc2)C1. The van der Waals surface area contributed by atoms with E-state index in [-0.39, 0.29) is 24.2 Å². The van der Waals surface area contributed by atoms with E-state index in [1.165, 1.54) is 0 Å². The van der Waals surface area contributed by atoms with Crippen molar-refractivity contribution in [1.82, 2.24) is 24.8 Å². The summed E-state index contributed by atoms with van der Waals surface area (Å²) in [6.07, 6.45) is 3.73. The number of carbonyl (C=O) groups is 2. The van der Waals surface area contributed by atoms with Gasteiger partial charge in [0.1, 0.15) is 5.82 Å². The second-order valence-electron chi connectivity index (χ2n) is 7.10. The molecule has 7 heteroatoms. The maximum Gasteiger partial charge on any atom is 0.225 e. The lowest BCUT2D eigenvalue weighted by Crippen LogP contribution is -2.33. The van der Waals surface area contributed by atoms with Gasteiger partial charge in [0, 0.05) is 38.7 Å². The number of likely N-dealkylation sites (tertiary alicyclic amines) is 1. The summed E-state index contributed by atoms with van der Waals surface area (Å²) >= 11 is 0. The molecule has 2 aromatic heterocycles. The maximum atomic E-state index is 12.4. The van der Waals surface area contributed by atoms with Crippen LogP contribution in [0.3, 0.4) is 0 Å². The Balaban J connectivity index is 1.23. The van der Waals surface area contributed by atoms with Gasteiger partial charge in [-0.2, -0.15) is 0 Å². The molecule has 1 saturated heterocycles. The van der Waals surface area contributed by atoms with Crippen LogP contribution in [0.5, 0.6) is 0 Å². The predicted molar refractivity (Wildman–Crippen MR) is 104 cm³/mol. The summed E-state index contributed by atoms with van der Waals surface area (Å²) < 4.78 is 1.96. The number of nitrogens with zero attached hydrogens (tertiary/aromatic N) is 4. The van der Waals surface area contributed by atoms with Crippen molar-refractivity contribution in [1.29, 1.82) is 0 Å². The Kier molecular flexibility index (Phi) is 5.32. The molecule has 0 spiro atoms. The first-order valence-electron chi connectivity index (χ1n) is 9.59. The van der Waals surface area contributed by atoms with Crippen LogP contribution in [-0.4, -0.2) is 44.4 Å². The van der Waals surface area contributed by atoms with Crippen LogP contribution in [0.2, 0.25) is 0 Å². The minimum atomic E-state index is -0.273. The van der Waals surface area contributed by atoms with Crippen molar-refractivity contribution in [2.75, 3.05) is 13.1 Å². The van der Waals surface area contributed by atoms with E-state index in [0.29, 0.717) is 19.6 Å². The van der Waals surface area contributed by atoms with Gasteiger partial charge in [-0.05, 0) is 24.1 Å². The van der Waals surface area contributed by atoms with Crippen molar-refractivity contribution < 1.29 is 9.59 Å². The number of aryl methyl sites for hydroxylation is 1. The molecule has 144 valence electrons. The highest BCUT2D eigenvalue weighted by molar-refractivity contribution is 5.89. The fourth-order valence-corrected chi connectivity index (χ4v) is 3.57. The minimum Gasteiger partial charge on any atom is -0.356 e. The molecule has 1 fully saturated rings. The second-order valence-corrected chi connectivity index (χ2v) is 7.10. The monoisotopic (exact) mass is 377 g/mol. The van der Waals surface area contributed by atoms with Crippen molar-refractivity contribution in [2.24, 2.45) is 5.92 Å². The van der Waals surface area contributed by atoms with Crippen molar-refractivity contribution in [3.63, 3.8) is 0 Å². The Morgan fingerprint density at radius 3 is 2.79 bits per heavy atom. The molecule has 0 radical (unpaired) electrons. The van der Waals surface area contributed by atoms with Crippen LogP contribution in [0.1, 0.15) is 24.2 Å². The molecule has 3 aromatic rings. The van der Waals surface area contributed by atoms with E-state index < -0.39 is 0 Å². The summed E-state index contributed by atoms with van der Waals surface area (Å²) in [5.74, 6) is 0.606. The fraction of sp³-hybridized carbons (Fsp3) is 0.333. The van der Waals surface area contributed by atoms with Crippen LogP contribution in [-0.2, 0) is 22.6 Å². The quantitative estimate of drug-likeness (QED) is 0.637. The zero-order chi connectivity index (χ0) is 19.3. The maximum absolute atomic E-state index is 12.4. The third-order valence-electron chi connectivity index (χ3n) is 5.06. The molecule has 1 unspecified atom stereocenters. The van der Waals surface area contributed by atoms with Crippen LogP contribution in [0.15, 0.2) is 54.7 Å². The fourth-order valence-electron chi connectivity index (χ4n) is 3.57. The molecule has 1 aliphatic rings. The minimum absolute atomic E-state index is 0.0407. The van der Waals surface area contributed by atoms with Gasteiger partial charge in [-0.1, -0.05) is 36.4 Å². The molecule has 28 heavy (non-hydrogen) atoms. The molecule has 7 nitrogen and oxygen atoms in total. The molecule has 1 aliphatic heterocycles. The highest BCUT2D eigenvalue weighted by atomic mass is 16.2. The molecule has 1 N–H and O–H groups in total. The topological polar surface area (TPSA) is 79.6 Å². The molecular formula is C21H23N5O2. The smallest absolute Gasteiger partial charge is 0.225 e. The van der Waals surface area contributed by atoms with Crippen molar-refractivity contribution in [3.8, 4) is 0 Å². The van der Waals surface area contributed by atoms with Gasteiger partial charge in [-0.3, -0.25) is 14.0 Å². The lowest BCUT2D eigenvalue weighted by atomic mass is 10.1. The van der Waals surface area contributed by atoms with Crippen LogP contribution >= 0.6 is 0 Å². The van der Waals surface area contributed by atoms with E-state index in [1.54, 1.807) is 4.90 Å². The highest BCUT2D eigenvalue weighted by Crippen LogP contribution is 2.20. The van der Waals surface area contributed by atoms with Gasteiger partial charge in [0.05, 0.1) is 5.92 Å². The predicted octanol–water partition coefficient (Wildman–Crippen LogP) is 1.83.